The summed E-state index contributed by atoms with van der Waals surface area (Å²) >= 11 is 0. The van der Waals surface area contributed by atoms with Gasteiger partial charge in [-0.3, -0.25) is 9.89 Å². The lowest BCUT2D eigenvalue weighted by Crippen LogP contribution is -2.30. The lowest BCUT2D eigenvalue weighted by molar-refractivity contribution is 0.102. The minimum absolute atomic E-state index is 0.172. The van der Waals surface area contributed by atoms with Gasteiger partial charge in [-0.05, 0) is 49.2 Å². The third-order valence-electron chi connectivity index (χ3n) is 5.31. The van der Waals surface area contributed by atoms with E-state index in [0.717, 1.165) is 24.2 Å². The van der Waals surface area contributed by atoms with E-state index < -0.39 is 10.0 Å². The summed E-state index contributed by atoms with van der Waals surface area (Å²) in [6.07, 6.45) is 2.28. The number of nitrogens with zero attached hydrogens (tertiary/aromatic N) is 3. The highest BCUT2D eigenvalue weighted by Gasteiger charge is 2.27. The number of anilines is 1. The molecule has 1 amide bonds. The van der Waals surface area contributed by atoms with E-state index in [2.05, 4.69) is 20.5 Å². The molecule has 3 aromatic rings. The summed E-state index contributed by atoms with van der Waals surface area (Å²) in [6, 6.07) is 13.3. The van der Waals surface area contributed by atoms with Crippen LogP contribution in [0.2, 0.25) is 0 Å². The lowest BCUT2D eigenvalue weighted by Gasteiger charge is -2.18. The molecule has 1 aliphatic rings. The van der Waals surface area contributed by atoms with Crippen LogP contribution in [0.3, 0.4) is 0 Å². The Hall–Kier alpha value is -3.04. The summed E-state index contributed by atoms with van der Waals surface area (Å²) in [7, 11) is -3.55. The van der Waals surface area contributed by atoms with Crippen molar-refractivity contribution in [3.05, 3.63) is 59.9 Å². The third kappa shape index (κ3) is 4.52. The van der Waals surface area contributed by atoms with Gasteiger partial charge in [0.05, 0.1) is 4.90 Å². The number of carbonyl (C=O) groups is 1. The van der Waals surface area contributed by atoms with E-state index in [1.165, 1.54) is 28.6 Å². The highest BCUT2D eigenvalue weighted by atomic mass is 32.2. The van der Waals surface area contributed by atoms with Gasteiger partial charge in [-0.15, -0.1) is 0 Å². The van der Waals surface area contributed by atoms with Gasteiger partial charge in [-0.25, -0.2) is 13.4 Å². The summed E-state index contributed by atoms with van der Waals surface area (Å²) < 4.78 is 26.6. The van der Waals surface area contributed by atoms with E-state index >= 15 is 0 Å². The topological polar surface area (TPSA) is 108 Å². The quantitative estimate of drug-likeness (QED) is 0.557. The molecule has 4 rings (SSSR count). The van der Waals surface area contributed by atoms with Gasteiger partial charge >= 0.3 is 0 Å². The first-order valence-corrected chi connectivity index (χ1v) is 11.8. The standard InChI is InChI=1S/C22H25N5O3S/c1-3-27(4-2)31(29,30)19-12-10-16(11-13-19)22(28)23-18-7-5-6-17(14-18)21-24-20(25-26-21)15-8-9-15/h5-7,10-15H,3-4,8-9H2,1-2H3,(H,23,28)(H,24,25,26). The fraction of sp³-hybridized carbons (Fsp3) is 0.318. The number of hydrogen-bond donors (Lipinski definition) is 2. The molecule has 31 heavy (non-hydrogen) atoms. The van der Waals surface area contributed by atoms with Crippen LogP contribution in [0.1, 0.15) is 48.8 Å². The zero-order valence-corrected chi connectivity index (χ0v) is 18.3. The average molecular weight is 440 g/mol. The highest BCUT2D eigenvalue weighted by molar-refractivity contribution is 7.89. The molecule has 162 valence electrons. The maximum atomic E-state index is 12.7. The van der Waals surface area contributed by atoms with Crippen LogP contribution in [0.5, 0.6) is 0 Å². The summed E-state index contributed by atoms with van der Waals surface area (Å²) in [6.45, 7) is 4.37. The molecule has 0 atom stereocenters. The molecule has 0 radical (unpaired) electrons. The maximum absolute atomic E-state index is 12.7. The van der Waals surface area contributed by atoms with Gasteiger partial charge in [0, 0.05) is 35.8 Å². The van der Waals surface area contributed by atoms with Crippen molar-refractivity contribution < 1.29 is 13.2 Å². The molecule has 2 aromatic carbocycles. The van der Waals surface area contributed by atoms with Crippen molar-refractivity contribution in [2.75, 3.05) is 18.4 Å². The number of rotatable bonds is 8. The van der Waals surface area contributed by atoms with Crippen LogP contribution in [-0.4, -0.2) is 46.9 Å². The van der Waals surface area contributed by atoms with E-state index in [-0.39, 0.29) is 10.8 Å². The maximum Gasteiger partial charge on any atom is 0.255 e. The number of carbonyl (C=O) groups excluding carboxylic acids is 1. The smallest absolute Gasteiger partial charge is 0.255 e. The Balaban J connectivity index is 1.48. The van der Waals surface area contributed by atoms with Crippen molar-refractivity contribution in [3.8, 4) is 11.4 Å². The van der Waals surface area contributed by atoms with Crippen molar-refractivity contribution in [3.63, 3.8) is 0 Å². The second-order valence-electron chi connectivity index (χ2n) is 7.47. The second-order valence-corrected chi connectivity index (χ2v) is 9.41. The molecular formula is C22H25N5O3S. The molecule has 1 aromatic heterocycles. The molecule has 0 saturated heterocycles. The molecule has 8 nitrogen and oxygen atoms in total. The normalized spacial score (nSPS) is 14.0. The lowest BCUT2D eigenvalue weighted by atomic mass is 10.1. The molecule has 1 saturated carbocycles. The van der Waals surface area contributed by atoms with Gasteiger partial charge in [0.15, 0.2) is 5.82 Å². The largest absolute Gasteiger partial charge is 0.322 e. The monoisotopic (exact) mass is 439 g/mol. The molecule has 0 spiro atoms. The van der Waals surface area contributed by atoms with E-state index in [0.29, 0.717) is 36.1 Å². The number of benzene rings is 2. The number of sulfonamides is 1. The van der Waals surface area contributed by atoms with Gasteiger partial charge in [0.25, 0.3) is 5.91 Å². The number of aromatic amines is 1. The minimum atomic E-state index is -3.55. The van der Waals surface area contributed by atoms with Crippen LogP contribution in [0.15, 0.2) is 53.4 Å². The fourth-order valence-corrected chi connectivity index (χ4v) is 4.83. The molecule has 1 aliphatic carbocycles. The summed E-state index contributed by atoms with van der Waals surface area (Å²) in [4.78, 5) is 17.4. The van der Waals surface area contributed by atoms with Crippen LogP contribution in [0.4, 0.5) is 5.69 Å². The van der Waals surface area contributed by atoms with Gasteiger partial charge < -0.3 is 5.32 Å². The Kier molecular flexibility index (Phi) is 5.88. The highest BCUT2D eigenvalue weighted by Crippen LogP contribution is 2.38. The SMILES string of the molecule is CCN(CC)S(=O)(=O)c1ccc(C(=O)Nc2cccc(-c3n[nH]c(C4CC4)n3)c2)cc1. The van der Waals surface area contributed by atoms with Crippen molar-refractivity contribution >= 4 is 21.6 Å². The van der Waals surface area contributed by atoms with Gasteiger partial charge in [0.1, 0.15) is 5.82 Å². The van der Waals surface area contributed by atoms with Crippen LogP contribution in [0.25, 0.3) is 11.4 Å². The van der Waals surface area contributed by atoms with Crippen LogP contribution in [-0.2, 0) is 10.0 Å². The first-order chi connectivity index (χ1) is 14.9. The van der Waals surface area contributed by atoms with Crippen molar-refractivity contribution in [1.29, 1.82) is 0 Å². The zero-order chi connectivity index (χ0) is 22.0. The van der Waals surface area contributed by atoms with E-state index in [1.54, 1.807) is 19.9 Å². The molecular weight excluding hydrogens is 414 g/mol. The van der Waals surface area contributed by atoms with Gasteiger partial charge in [0.2, 0.25) is 10.0 Å². The summed E-state index contributed by atoms with van der Waals surface area (Å²) in [5.74, 6) is 1.67. The molecule has 1 heterocycles. The van der Waals surface area contributed by atoms with E-state index in [4.69, 9.17) is 0 Å². The molecule has 0 bridgehead atoms. The predicted molar refractivity (Wildman–Crippen MR) is 118 cm³/mol. The van der Waals surface area contributed by atoms with Crippen LogP contribution in [0, 0.1) is 0 Å². The Morgan fingerprint density at radius 1 is 1.13 bits per heavy atom. The van der Waals surface area contributed by atoms with E-state index in [9.17, 15) is 13.2 Å². The van der Waals surface area contributed by atoms with Crippen LogP contribution >= 0.6 is 0 Å². The van der Waals surface area contributed by atoms with Crippen LogP contribution < -0.4 is 5.32 Å². The van der Waals surface area contributed by atoms with Crippen molar-refractivity contribution in [2.45, 2.75) is 37.5 Å². The molecule has 9 heteroatoms. The Morgan fingerprint density at radius 2 is 1.84 bits per heavy atom. The number of aromatic nitrogens is 3. The Labute approximate surface area is 181 Å². The number of nitrogens with one attached hydrogen (secondary N) is 2. The Bertz CT molecular complexity index is 1180. The first kappa shape index (κ1) is 21.2. The van der Waals surface area contributed by atoms with Gasteiger partial charge in [-0.2, -0.15) is 9.40 Å². The average Bonchev–Trinajstić information content (AvgIpc) is 3.51. The number of hydrogen-bond acceptors (Lipinski definition) is 5. The van der Waals surface area contributed by atoms with Gasteiger partial charge in [-0.1, -0.05) is 26.0 Å². The third-order valence-corrected chi connectivity index (χ3v) is 7.37. The summed E-state index contributed by atoms with van der Waals surface area (Å²) in [5, 5.41) is 10.1. The van der Waals surface area contributed by atoms with Crippen molar-refractivity contribution in [2.24, 2.45) is 0 Å². The first-order valence-electron chi connectivity index (χ1n) is 10.4. The predicted octanol–water partition coefficient (Wildman–Crippen LogP) is 3.63. The van der Waals surface area contributed by atoms with Crippen molar-refractivity contribution in [1.82, 2.24) is 19.5 Å². The minimum Gasteiger partial charge on any atom is -0.322 e. The van der Waals surface area contributed by atoms with E-state index in [1.807, 2.05) is 18.2 Å². The molecule has 0 unspecified atom stereocenters. The number of H-pyrrole nitrogens is 1. The Morgan fingerprint density at radius 3 is 2.48 bits per heavy atom. The molecule has 1 fully saturated rings. The molecule has 2 N–H and O–H groups in total. The summed E-state index contributed by atoms with van der Waals surface area (Å²) in [5.41, 5.74) is 1.79. The zero-order valence-electron chi connectivity index (χ0n) is 17.5. The molecule has 0 aliphatic heterocycles. The fourth-order valence-electron chi connectivity index (χ4n) is 3.37. The second kappa shape index (κ2) is 8.60. The number of amides is 1.